The molecule has 46 heavy (non-hydrogen) atoms. The highest BCUT2D eigenvalue weighted by molar-refractivity contribution is 14.1. The molecule has 0 spiro atoms. The lowest BCUT2D eigenvalue weighted by Gasteiger charge is -2.13. The molecule has 2 aromatic rings. The van der Waals surface area contributed by atoms with Gasteiger partial charge in [0.25, 0.3) is 0 Å². The number of halogens is 4. The Morgan fingerprint density at radius 1 is 0.630 bits per heavy atom. The monoisotopic (exact) mass is 1090 g/mol. The van der Waals surface area contributed by atoms with Crippen molar-refractivity contribution in [3.05, 3.63) is 74.2 Å². The molecule has 252 valence electrons. The first-order valence-corrected chi connectivity index (χ1v) is 18.3. The van der Waals surface area contributed by atoms with Crippen LogP contribution in [-0.2, 0) is 33.4 Å². The Labute approximate surface area is 323 Å². The molecule has 0 atom stereocenters. The van der Waals surface area contributed by atoms with Crippen molar-refractivity contribution in [3.63, 3.8) is 0 Å². The Morgan fingerprint density at radius 2 is 1.00 bits per heavy atom. The molecule has 2 aromatic carbocycles. The van der Waals surface area contributed by atoms with Crippen LogP contribution in [0, 0.1) is 14.3 Å². The molecule has 0 saturated heterocycles. The summed E-state index contributed by atoms with van der Waals surface area (Å²) in [7, 11) is 0. The highest BCUT2D eigenvalue weighted by Crippen LogP contribution is 2.19. The average Bonchev–Trinajstić information content (AvgIpc) is 2.96. The third kappa shape index (κ3) is 18.9. The van der Waals surface area contributed by atoms with Crippen LogP contribution < -0.4 is 21.7 Å². The number of carbonyl (C=O) groups is 4. The molecule has 16 heteroatoms. The predicted octanol–water partition coefficient (Wildman–Crippen LogP) is 6.73. The number of carbonyl (C=O) groups excluding carboxylic acids is 3. The molecule has 0 bridgehead atoms. The number of hydrogen-bond donors (Lipinski definition) is 5. The first-order chi connectivity index (χ1) is 21.9. The van der Waals surface area contributed by atoms with Gasteiger partial charge in [-0.05, 0) is 160 Å². The zero-order valence-electron chi connectivity index (χ0n) is 25.4. The Morgan fingerprint density at radius 3 is 1.35 bits per heavy atom. The van der Waals surface area contributed by atoms with E-state index in [9.17, 15) is 19.2 Å². The summed E-state index contributed by atoms with van der Waals surface area (Å²) in [5.41, 5.74) is 13.6. The van der Waals surface area contributed by atoms with Crippen molar-refractivity contribution >= 4 is 126 Å². The van der Waals surface area contributed by atoms with Crippen LogP contribution in [0.15, 0.2) is 59.9 Å². The first-order valence-electron chi connectivity index (χ1n) is 14.0. The van der Waals surface area contributed by atoms with E-state index in [4.69, 9.17) is 19.3 Å². The minimum absolute atomic E-state index is 0.0499. The zero-order chi connectivity index (χ0) is 34.5. The van der Waals surface area contributed by atoms with Gasteiger partial charge in [0.15, 0.2) is 0 Å². The van der Waals surface area contributed by atoms with Crippen molar-refractivity contribution < 1.29 is 38.5 Å². The molecule has 0 fully saturated rings. The van der Waals surface area contributed by atoms with E-state index in [2.05, 4.69) is 112 Å². The summed E-state index contributed by atoms with van der Waals surface area (Å²) in [5.74, 6) is -2.22. The number of hydrazine groups is 2. The Balaban J connectivity index is 0.000000462. The Kier molecular flexibility index (Phi) is 22.0. The lowest BCUT2D eigenvalue weighted by Crippen LogP contribution is -2.27. The molecule has 2 rings (SSSR count). The number of carboxylic acids is 1. The largest absolute Gasteiger partial charge is 0.481 e. The summed E-state index contributed by atoms with van der Waals surface area (Å²) >= 11 is 8.85. The first kappa shape index (κ1) is 41.9. The van der Waals surface area contributed by atoms with Gasteiger partial charge in [-0.1, -0.05) is 12.2 Å². The maximum absolute atomic E-state index is 12.0. The third-order valence-electron chi connectivity index (χ3n) is 5.11. The minimum atomic E-state index is -0.917. The Hall–Kier alpha value is -2.08. The molecule has 5 N–H and O–H groups in total. The highest BCUT2D eigenvalue weighted by atomic mass is 127. The number of rotatable bonds is 17. The lowest BCUT2D eigenvalue weighted by molar-refractivity contribution is -0.143. The Bertz CT molecular complexity index is 1350. The van der Waals surface area contributed by atoms with E-state index in [1.807, 2.05) is 36.4 Å². The maximum atomic E-state index is 12.0. The van der Waals surface area contributed by atoms with Gasteiger partial charge in [-0.3, -0.25) is 20.4 Å². The number of nitrogens with one attached hydrogen (secondary N) is 4. The van der Waals surface area contributed by atoms with E-state index in [1.54, 1.807) is 26.8 Å². The van der Waals surface area contributed by atoms with Crippen molar-refractivity contribution in [1.82, 2.24) is 10.9 Å². The molecule has 0 aliphatic carbocycles. The van der Waals surface area contributed by atoms with Crippen molar-refractivity contribution in [2.75, 3.05) is 30.7 Å². The lowest BCUT2D eigenvalue weighted by atomic mass is 10.2. The number of aliphatic carboxylic acids is 1. The average molecular weight is 1090 g/mol. The van der Waals surface area contributed by atoms with Crippen LogP contribution in [0.2, 0.25) is 0 Å². The van der Waals surface area contributed by atoms with Crippen LogP contribution in [0.3, 0.4) is 0 Å². The number of allylic oxidation sites excluding steroid dienone is 2. The number of anilines is 2. The van der Waals surface area contributed by atoms with E-state index in [1.165, 1.54) is 6.08 Å². The molecule has 0 unspecified atom stereocenters. The molecule has 0 aliphatic heterocycles. The van der Waals surface area contributed by atoms with Crippen molar-refractivity contribution in [1.29, 1.82) is 0 Å². The second-order valence-corrected chi connectivity index (χ2v) is 13.8. The van der Waals surface area contributed by atoms with Gasteiger partial charge in [0, 0.05) is 27.1 Å². The summed E-state index contributed by atoms with van der Waals surface area (Å²) in [6, 6.07) is 11.8. The molecule has 0 aliphatic rings. The van der Waals surface area contributed by atoms with Crippen LogP contribution in [0.25, 0.3) is 0 Å². The summed E-state index contributed by atoms with van der Waals surface area (Å²) in [6.07, 6.45) is 3.91. The fourth-order valence-corrected chi connectivity index (χ4v) is 7.10. The molecule has 0 saturated carbocycles. The van der Waals surface area contributed by atoms with E-state index < -0.39 is 17.9 Å². The van der Waals surface area contributed by atoms with Crippen molar-refractivity contribution in [2.45, 2.75) is 46.5 Å². The van der Waals surface area contributed by atoms with E-state index in [0.717, 1.165) is 25.7 Å². The van der Waals surface area contributed by atoms with Gasteiger partial charge in [-0.2, -0.15) is 0 Å². The van der Waals surface area contributed by atoms with Crippen LogP contribution in [0.1, 0.15) is 46.5 Å². The van der Waals surface area contributed by atoms with Crippen LogP contribution in [0.5, 0.6) is 0 Å². The van der Waals surface area contributed by atoms with Gasteiger partial charge in [-0.25, -0.2) is 9.59 Å². The number of benzene rings is 2. The standard InChI is InChI=1S/C16H20I2N2O4.C14H16I2N2O4/c1-3-23-15(21)7-5-6-14(16(22)24-4-2)20-19-13-9-11(17)8-12(18)10-13;1-2-22-14(21)12(4-3-5-13(19)20)18-17-11-7-9(15)6-10(16)8-11/h6,8-10,19-20H,3-5,7H2,1-2H3;4,6-8,17-18H,2-3,5H2,1H3,(H,19,20)/b14-6+;12-4+. The molecule has 0 heterocycles. The number of hydrogen-bond acceptors (Lipinski definition) is 11. The molecule has 0 radical (unpaired) electrons. The van der Waals surface area contributed by atoms with E-state index in [-0.39, 0.29) is 49.8 Å². The second kappa shape index (κ2) is 24.1. The van der Waals surface area contributed by atoms with Crippen molar-refractivity contribution in [3.8, 4) is 0 Å². The number of ether oxygens (including phenoxy) is 3. The zero-order valence-corrected chi connectivity index (χ0v) is 34.0. The van der Waals surface area contributed by atoms with Gasteiger partial charge in [0.2, 0.25) is 0 Å². The van der Waals surface area contributed by atoms with Crippen molar-refractivity contribution in [2.24, 2.45) is 0 Å². The topological polar surface area (TPSA) is 164 Å². The second-order valence-electron chi connectivity index (χ2n) is 8.77. The number of carboxylic acid groups (broad SMARTS) is 1. The molecule has 12 nitrogen and oxygen atoms in total. The highest BCUT2D eigenvalue weighted by Gasteiger charge is 2.12. The molecular weight excluding hydrogens is 1050 g/mol. The number of esters is 3. The molecule has 0 aromatic heterocycles. The van der Waals surface area contributed by atoms with Gasteiger partial charge in [0.1, 0.15) is 11.4 Å². The van der Waals surface area contributed by atoms with Gasteiger partial charge >= 0.3 is 23.9 Å². The fourth-order valence-electron chi connectivity index (χ4n) is 3.23. The van der Waals surface area contributed by atoms with E-state index >= 15 is 0 Å². The van der Waals surface area contributed by atoms with Crippen LogP contribution in [0.4, 0.5) is 11.4 Å². The molecular formula is C30H36I4N4O8. The smallest absolute Gasteiger partial charge is 0.355 e. The van der Waals surface area contributed by atoms with Crippen LogP contribution in [-0.4, -0.2) is 48.8 Å². The summed E-state index contributed by atoms with van der Waals surface area (Å²) in [5, 5.41) is 8.65. The SMILES string of the molecule is CCOC(=O)/C(=C\CCC(=O)O)NNc1cc(I)cc(I)c1.CCOC(=O)CC/C=C(/NNc1cc(I)cc(I)c1)C(=O)OCC. The third-order valence-corrected chi connectivity index (χ3v) is 7.60. The summed E-state index contributed by atoms with van der Waals surface area (Å²) in [6.45, 7) is 6.07. The minimum Gasteiger partial charge on any atom is -0.481 e. The van der Waals surface area contributed by atoms with E-state index in [0.29, 0.717) is 13.0 Å². The maximum Gasteiger partial charge on any atom is 0.355 e. The summed E-state index contributed by atoms with van der Waals surface area (Å²) in [4.78, 5) is 45.7. The quantitative estimate of drug-likeness (QED) is 0.0374. The summed E-state index contributed by atoms with van der Waals surface area (Å²) < 4.78 is 19.1. The van der Waals surface area contributed by atoms with Crippen LogP contribution >= 0.6 is 90.4 Å². The fraction of sp³-hybridized carbons (Fsp3) is 0.333. The predicted molar refractivity (Wildman–Crippen MR) is 209 cm³/mol. The normalized spacial score (nSPS) is 10.9. The molecule has 0 amide bonds. The van der Waals surface area contributed by atoms with Gasteiger partial charge in [0.05, 0.1) is 31.2 Å². The van der Waals surface area contributed by atoms with Gasteiger partial charge in [-0.15, -0.1) is 0 Å². The van der Waals surface area contributed by atoms with Gasteiger partial charge < -0.3 is 30.2 Å².